The van der Waals surface area contributed by atoms with Gasteiger partial charge >= 0.3 is 0 Å². The first kappa shape index (κ1) is 23.7. The molecular weight excluding hydrogens is 410 g/mol. The Kier molecular flexibility index (Phi) is 8.62. The van der Waals surface area contributed by atoms with E-state index >= 15 is 0 Å². The molecule has 0 unspecified atom stereocenters. The van der Waals surface area contributed by atoms with E-state index in [1.807, 2.05) is 19.9 Å². The number of pyridine rings is 1. The fourth-order valence-corrected chi connectivity index (χ4v) is 3.60. The summed E-state index contributed by atoms with van der Waals surface area (Å²) in [6.45, 7) is 5.42. The third kappa shape index (κ3) is 6.29. The second-order valence-electron chi connectivity index (χ2n) is 7.67. The number of aryl methyl sites for hydroxylation is 1. The summed E-state index contributed by atoms with van der Waals surface area (Å²) in [7, 11) is 1.64. The van der Waals surface area contributed by atoms with Gasteiger partial charge in [-0.05, 0) is 32.8 Å². The predicted octanol–water partition coefficient (Wildman–Crippen LogP) is 1.58. The summed E-state index contributed by atoms with van der Waals surface area (Å²) in [4.78, 5) is 13.4. The number of anilines is 2. The minimum absolute atomic E-state index is 0.0176. The van der Waals surface area contributed by atoms with Crippen LogP contribution in [0.25, 0.3) is 0 Å². The molecule has 172 valence electrons. The average molecular weight is 442 g/mol. The minimum Gasteiger partial charge on any atom is -0.478 e. The van der Waals surface area contributed by atoms with Crippen LogP contribution >= 0.6 is 0 Å². The Balaban J connectivity index is 1.86. The Bertz CT molecular complexity index is 942. The number of nitrogens with zero attached hydrogens (tertiary/aromatic N) is 3. The van der Waals surface area contributed by atoms with Gasteiger partial charge in [0.05, 0.1) is 30.6 Å². The number of methoxy groups -OCH3 is 1. The molecule has 0 bridgehead atoms. The lowest BCUT2D eigenvalue weighted by atomic mass is 10.1. The molecule has 4 N–H and O–H groups in total. The van der Waals surface area contributed by atoms with Gasteiger partial charge in [-0.1, -0.05) is 11.8 Å². The van der Waals surface area contributed by atoms with Crippen molar-refractivity contribution in [3.8, 4) is 17.7 Å². The van der Waals surface area contributed by atoms with Gasteiger partial charge in [0, 0.05) is 50.0 Å². The van der Waals surface area contributed by atoms with Gasteiger partial charge in [-0.25, -0.2) is 9.97 Å². The smallest absolute Gasteiger partial charge is 0.225 e. The van der Waals surface area contributed by atoms with Crippen molar-refractivity contribution < 1.29 is 19.7 Å². The fraction of sp³-hybridized carbons (Fsp3) is 0.522. The van der Waals surface area contributed by atoms with Gasteiger partial charge in [-0.2, -0.15) is 4.98 Å². The minimum atomic E-state index is -0.538. The van der Waals surface area contributed by atoms with Gasteiger partial charge in [0.25, 0.3) is 0 Å². The highest BCUT2D eigenvalue weighted by Crippen LogP contribution is 2.29. The first-order chi connectivity index (χ1) is 15.5. The molecule has 0 saturated heterocycles. The van der Waals surface area contributed by atoms with E-state index in [2.05, 4.69) is 37.4 Å². The largest absolute Gasteiger partial charge is 0.478 e. The van der Waals surface area contributed by atoms with E-state index < -0.39 is 6.10 Å². The van der Waals surface area contributed by atoms with Crippen molar-refractivity contribution in [1.29, 1.82) is 0 Å². The number of nitrogens with one attached hydrogen (secondary N) is 2. The molecule has 3 atom stereocenters. The average Bonchev–Trinajstić information content (AvgIpc) is 3.13. The van der Waals surface area contributed by atoms with Crippen molar-refractivity contribution in [3.63, 3.8) is 0 Å². The van der Waals surface area contributed by atoms with E-state index in [1.54, 1.807) is 19.4 Å². The molecule has 2 heterocycles. The van der Waals surface area contributed by atoms with Gasteiger partial charge in [0.1, 0.15) is 5.82 Å². The first-order valence-electron chi connectivity index (χ1n) is 10.8. The molecule has 2 aromatic heterocycles. The second kappa shape index (κ2) is 11.6. The lowest BCUT2D eigenvalue weighted by Gasteiger charge is -2.17. The highest BCUT2D eigenvalue weighted by Gasteiger charge is 2.33. The molecule has 0 aromatic carbocycles. The molecule has 2 aromatic rings. The molecule has 1 saturated carbocycles. The van der Waals surface area contributed by atoms with Crippen molar-refractivity contribution in [3.05, 3.63) is 35.2 Å². The van der Waals surface area contributed by atoms with Crippen LogP contribution in [0.3, 0.4) is 0 Å². The Morgan fingerprint density at radius 1 is 1.22 bits per heavy atom. The van der Waals surface area contributed by atoms with E-state index in [4.69, 9.17) is 9.47 Å². The van der Waals surface area contributed by atoms with E-state index in [1.165, 1.54) is 0 Å². The molecule has 1 aliphatic carbocycles. The van der Waals surface area contributed by atoms with E-state index in [9.17, 15) is 10.2 Å². The third-order valence-electron chi connectivity index (χ3n) is 5.27. The van der Waals surface area contributed by atoms with Gasteiger partial charge < -0.3 is 30.3 Å². The van der Waals surface area contributed by atoms with Crippen LogP contribution in [-0.4, -0.2) is 70.8 Å². The molecule has 3 rings (SSSR count). The molecule has 9 nitrogen and oxygen atoms in total. The lowest BCUT2D eigenvalue weighted by Crippen LogP contribution is -2.20. The number of rotatable bonds is 9. The van der Waals surface area contributed by atoms with Crippen LogP contribution < -0.4 is 15.4 Å². The first-order valence-corrected chi connectivity index (χ1v) is 10.8. The molecule has 9 heteroatoms. The van der Waals surface area contributed by atoms with Crippen LogP contribution in [-0.2, 0) is 4.74 Å². The summed E-state index contributed by atoms with van der Waals surface area (Å²) in [6, 6.07) is 3.62. The molecule has 1 fully saturated rings. The van der Waals surface area contributed by atoms with E-state index in [0.29, 0.717) is 55.8 Å². The third-order valence-corrected chi connectivity index (χ3v) is 5.27. The summed E-state index contributed by atoms with van der Waals surface area (Å²) in [5, 5.41) is 26.2. The van der Waals surface area contributed by atoms with Crippen LogP contribution in [0.15, 0.2) is 18.3 Å². The van der Waals surface area contributed by atoms with Gasteiger partial charge in [0.15, 0.2) is 0 Å². The number of hydrogen-bond donors (Lipinski definition) is 4. The number of aliphatic hydroxyl groups is 2. The molecule has 0 radical (unpaired) electrons. The quantitative estimate of drug-likeness (QED) is 0.339. The topological polar surface area (TPSA) is 122 Å². The maximum absolute atomic E-state index is 10.2. The molecule has 0 aliphatic heterocycles. The summed E-state index contributed by atoms with van der Waals surface area (Å²) < 4.78 is 10.5. The molecular formula is C23H31N5O4. The Labute approximate surface area is 188 Å². The van der Waals surface area contributed by atoms with Crippen LogP contribution in [0.1, 0.15) is 36.6 Å². The van der Waals surface area contributed by atoms with Crippen molar-refractivity contribution >= 4 is 11.8 Å². The van der Waals surface area contributed by atoms with Crippen LogP contribution in [0.5, 0.6) is 5.88 Å². The Morgan fingerprint density at radius 3 is 2.72 bits per heavy atom. The highest BCUT2D eigenvalue weighted by molar-refractivity contribution is 5.60. The number of aliphatic hydroxyl groups excluding tert-OH is 2. The predicted molar refractivity (Wildman–Crippen MR) is 122 cm³/mol. The monoisotopic (exact) mass is 441 g/mol. The SMILES string of the molecule is CCOc1ccc(C#Cc2c(C)nc(NCCOC)nc2N[C@@H]2C[C@H](CO)[C@@H](O)C2)cn1. The summed E-state index contributed by atoms with van der Waals surface area (Å²) in [5.74, 6) is 7.79. The zero-order valence-electron chi connectivity index (χ0n) is 18.8. The summed E-state index contributed by atoms with van der Waals surface area (Å²) >= 11 is 0. The van der Waals surface area contributed by atoms with Crippen molar-refractivity contribution in [2.75, 3.05) is 44.1 Å². The number of ether oxygens (including phenoxy) is 2. The Morgan fingerprint density at radius 2 is 2.06 bits per heavy atom. The van der Waals surface area contributed by atoms with Crippen molar-refractivity contribution in [2.24, 2.45) is 5.92 Å². The molecule has 32 heavy (non-hydrogen) atoms. The zero-order chi connectivity index (χ0) is 22.9. The van der Waals surface area contributed by atoms with Gasteiger partial charge in [0.2, 0.25) is 11.8 Å². The zero-order valence-corrected chi connectivity index (χ0v) is 18.8. The number of hydrogen-bond acceptors (Lipinski definition) is 9. The van der Waals surface area contributed by atoms with Crippen molar-refractivity contribution in [2.45, 2.75) is 38.8 Å². The maximum Gasteiger partial charge on any atom is 0.225 e. The van der Waals surface area contributed by atoms with E-state index in [-0.39, 0.29) is 18.6 Å². The molecule has 0 spiro atoms. The molecule has 1 aliphatic rings. The summed E-state index contributed by atoms with van der Waals surface area (Å²) in [5.41, 5.74) is 2.15. The Hall–Kier alpha value is -2.93. The lowest BCUT2D eigenvalue weighted by molar-refractivity contribution is 0.0908. The second-order valence-corrected chi connectivity index (χ2v) is 7.67. The van der Waals surface area contributed by atoms with Crippen LogP contribution in [0.4, 0.5) is 11.8 Å². The van der Waals surface area contributed by atoms with Gasteiger partial charge in [-0.3, -0.25) is 0 Å². The molecule has 0 amide bonds. The highest BCUT2D eigenvalue weighted by atomic mass is 16.5. The maximum atomic E-state index is 10.2. The standard InChI is InChI=1S/C23H31N5O4/c1-4-32-21-8-6-16(13-25-21)5-7-19-15(2)26-23(24-9-10-31-3)28-22(19)27-18-11-17(14-29)20(30)12-18/h6,8,13,17-18,20,29-30H,4,9-12,14H2,1-3H3,(H2,24,26,27,28)/t17-,18-,20+/m1/s1. The number of aromatic nitrogens is 3. The van der Waals surface area contributed by atoms with Crippen molar-refractivity contribution in [1.82, 2.24) is 15.0 Å². The van der Waals surface area contributed by atoms with Gasteiger partial charge in [-0.15, -0.1) is 0 Å². The fourth-order valence-electron chi connectivity index (χ4n) is 3.60. The van der Waals surface area contributed by atoms with Crippen LogP contribution in [0, 0.1) is 24.7 Å². The summed E-state index contributed by atoms with van der Waals surface area (Å²) in [6.07, 6.45) is 2.32. The van der Waals surface area contributed by atoms with E-state index in [0.717, 1.165) is 11.3 Å². The van der Waals surface area contributed by atoms with Crippen LogP contribution in [0.2, 0.25) is 0 Å². The normalized spacial score (nSPS) is 19.8.